The quantitative estimate of drug-likeness (QED) is 0.838. The second kappa shape index (κ2) is 4.49. The van der Waals surface area contributed by atoms with Crippen LogP contribution in [0.2, 0.25) is 0 Å². The maximum Gasteiger partial charge on any atom is 0.273 e. The van der Waals surface area contributed by atoms with Crippen molar-refractivity contribution in [1.29, 1.82) is 0 Å². The second-order valence-corrected chi connectivity index (χ2v) is 5.41. The smallest absolute Gasteiger partial charge is 0.273 e. The van der Waals surface area contributed by atoms with Crippen LogP contribution in [0.25, 0.3) is 0 Å². The molecule has 0 radical (unpaired) electrons. The molecule has 2 aromatic heterocycles. The molecule has 0 bridgehead atoms. The molecule has 0 fully saturated rings. The van der Waals surface area contributed by atoms with Gasteiger partial charge in [0.25, 0.3) is 5.19 Å². The summed E-state index contributed by atoms with van der Waals surface area (Å²) in [6.45, 7) is 0.556. The third-order valence-electron chi connectivity index (χ3n) is 2.95. The van der Waals surface area contributed by atoms with Crippen molar-refractivity contribution in [3.8, 4) is 5.19 Å². The largest absolute Gasteiger partial charge is 0.465 e. The van der Waals surface area contributed by atoms with E-state index in [0.29, 0.717) is 6.61 Å². The predicted octanol–water partition coefficient (Wildman–Crippen LogP) is 2.33. The Morgan fingerprint density at radius 3 is 3.06 bits per heavy atom. The summed E-state index contributed by atoms with van der Waals surface area (Å²) in [4.78, 5) is 5.96. The maximum atomic E-state index is 5.71. The first kappa shape index (κ1) is 10.8. The zero-order valence-corrected chi connectivity index (χ0v) is 10.7. The van der Waals surface area contributed by atoms with Crippen LogP contribution in [0.5, 0.6) is 5.19 Å². The normalized spacial score (nSPS) is 14.6. The third-order valence-corrected chi connectivity index (χ3v) is 4.02. The molecule has 0 N–H and O–H groups in total. The van der Waals surface area contributed by atoms with Gasteiger partial charge >= 0.3 is 0 Å². The molecular weight excluding hydrogens is 234 g/mol. The molecule has 90 valence electrons. The fraction of sp³-hybridized carbons (Fsp3) is 0.500. The van der Waals surface area contributed by atoms with Crippen molar-refractivity contribution in [2.24, 2.45) is 7.05 Å². The molecule has 2 aromatic rings. The minimum atomic E-state index is 0.556. The average Bonchev–Trinajstić information content (AvgIpc) is 2.91. The minimum Gasteiger partial charge on any atom is -0.465 e. The molecule has 0 atom stereocenters. The van der Waals surface area contributed by atoms with E-state index in [1.54, 1.807) is 16.0 Å². The summed E-state index contributed by atoms with van der Waals surface area (Å²) in [7, 11) is 1.91. The van der Waals surface area contributed by atoms with E-state index in [-0.39, 0.29) is 0 Å². The van der Waals surface area contributed by atoms with Crippen LogP contribution in [-0.4, -0.2) is 14.8 Å². The summed E-state index contributed by atoms with van der Waals surface area (Å²) >= 11 is 1.70. The monoisotopic (exact) mass is 249 g/mol. The van der Waals surface area contributed by atoms with Crippen molar-refractivity contribution in [2.75, 3.05) is 0 Å². The minimum absolute atomic E-state index is 0.556. The molecule has 0 saturated carbocycles. The number of aryl methyl sites for hydroxylation is 3. The van der Waals surface area contributed by atoms with E-state index >= 15 is 0 Å². The molecule has 0 spiro atoms. The van der Waals surface area contributed by atoms with Crippen LogP contribution in [0.15, 0.2) is 12.4 Å². The summed E-state index contributed by atoms with van der Waals surface area (Å²) in [5.74, 6) is 0. The first-order chi connectivity index (χ1) is 8.31. The van der Waals surface area contributed by atoms with Gasteiger partial charge in [0.2, 0.25) is 0 Å². The molecule has 4 nitrogen and oxygen atoms in total. The van der Waals surface area contributed by atoms with E-state index in [2.05, 4.69) is 10.1 Å². The van der Waals surface area contributed by atoms with Gasteiger partial charge in [-0.25, -0.2) is 4.98 Å². The molecule has 0 amide bonds. The van der Waals surface area contributed by atoms with Gasteiger partial charge < -0.3 is 4.74 Å². The number of nitrogens with zero attached hydrogens (tertiary/aromatic N) is 3. The predicted molar refractivity (Wildman–Crippen MR) is 66.3 cm³/mol. The van der Waals surface area contributed by atoms with Crippen molar-refractivity contribution in [2.45, 2.75) is 32.3 Å². The van der Waals surface area contributed by atoms with E-state index < -0.39 is 0 Å². The molecule has 1 aliphatic rings. The van der Waals surface area contributed by atoms with Crippen LogP contribution in [0.1, 0.15) is 29.0 Å². The number of thiazole rings is 1. The molecular formula is C12H15N3OS. The average molecular weight is 249 g/mol. The molecule has 1 aliphatic carbocycles. The highest BCUT2D eigenvalue weighted by Crippen LogP contribution is 2.31. The van der Waals surface area contributed by atoms with Gasteiger partial charge in [-0.2, -0.15) is 5.10 Å². The summed E-state index contributed by atoms with van der Waals surface area (Å²) in [6, 6.07) is 0. The Morgan fingerprint density at radius 1 is 1.41 bits per heavy atom. The molecule has 0 saturated heterocycles. The van der Waals surface area contributed by atoms with Gasteiger partial charge in [-0.3, -0.25) is 4.68 Å². The molecule has 3 rings (SSSR count). The highest BCUT2D eigenvalue weighted by atomic mass is 32.1. The Bertz CT molecular complexity index is 494. The Balaban J connectivity index is 1.67. The standard InChI is InChI=1S/C12H15N3OS/c1-15-7-9(6-13-15)8-16-12-14-10-4-2-3-5-11(10)17-12/h6-7H,2-5,8H2,1H3. The third kappa shape index (κ3) is 2.34. The zero-order chi connectivity index (χ0) is 11.7. The topological polar surface area (TPSA) is 39.9 Å². The zero-order valence-electron chi connectivity index (χ0n) is 9.85. The van der Waals surface area contributed by atoms with E-state index in [1.165, 1.54) is 29.8 Å². The van der Waals surface area contributed by atoms with E-state index in [1.807, 2.05) is 19.4 Å². The molecule has 0 unspecified atom stereocenters. The number of hydrogen-bond acceptors (Lipinski definition) is 4. The summed E-state index contributed by atoms with van der Waals surface area (Å²) < 4.78 is 7.50. The lowest BCUT2D eigenvalue weighted by atomic mass is 10.0. The fourth-order valence-electron chi connectivity index (χ4n) is 2.08. The molecule has 0 aromatic carbocycles. The van der Waals surface area contributed by atoms with Crippen molar-refractivity contribution in [1.82, 2.24) is 14.8 Å². The Hall–Kier alpha value is -1.36. The molecule has 17 heavy (non-hydrogen) atoms. The van der Waals surface area contributed by atoms with Gasteiger partial charge in [0.05, 0.1) is 11.9 Å². The van der Waals surface area contributed by atoms with Gasteiger partial charge in [0, 0.05) is 23.7 Å². The van der Waals surface area contributed by atoms with Gasteiger partial charge in [0.15, 0.2) is 0 Å². The van der Waals surface area contributed by atoms with Gasteiger partial charge in [-0.05, 0) is 25.7 Å². The van der Waals surface area contributed by atoms with Crippen LogP contribution >= 0.6 is 11.3 Å². The van der Waals surface area contributed by atoms with Crippen molar-refractivity contribution < 1.29 is 4.74 Å². The Morgan fingerprint density at radius 2 is 2.29 bits per heavy atom. The van der Waals surface area contributed by atoms with Gasteiger partial charge in [-0.15, -0.1) is 0 Å². The van der Waals surface area contributed by atoms with Crippen molar-refractivity contribution in [3.63, 3.8) is 0 Å². The number of fused-ring (bicyclic) bond motifs is 1. The van der Waals surface area contributed by atoms with Crippen LogP contribution in [0.3, 0.4) is 0 Å². The lowest BCUT2D eigenvalue weighted by molar-refractivity contribution is 0.303. The summed E-state index contributed by atoms with van der Waals surface area (Å²) in [5.41, 5.74) is 2.34. The maximum absolute atomic E-state index is 5.71. The fourth-order valence-corrected chi connectivity index (χ4v) is 3.08. The first-order valence-electron chi connectivity index (χ1n) is 5.90. The Labute approximate surface area is 104 Å². The van der Waals surface area contributed by atoms with Crippen LogP contribution in [-0.2, 0) is 26.5 Å². The highest BCUT2D eigenvalue weighted by Gasteiger charge is 2.15. The van der Waals surface area contributed by atoms with Crippen LogP contribution in [0, 0.1) is 0 Å². The first-order valence-corrected chi connectivity index (χ1v) is 6.72. The summed E-state index contributed by atoms with van der Waals surface area (Å²) in [5, 5.41) is 4.92. The number of hydrogen-bond donors (Lipinski definition) is 0. The van der Waals surface area contributed by atoms with Crippen molar-refractivity contribution in [3.05, 3.63) is 28.5 Å². The number of aromatic nitrogens is 3. The van der Waals surface area contributed by atoms with E-state index in [0.717, 1.165) is 17.2 Å². The molecule has 0 aliphatic heterocycles. The molecule has 2 heterocycles. The van der Waals surface area contributed by atoms with Crippen LogP contribution < -0.4 is 4.74 Å². The number of rotatable bonds is 3. The summed E-state index contributed by atoms with van der Waals surface area (Å²) in [6.07, 6.45) is 8.63. The van der Waals surface area contributed by atoms with Crippen LogP contribution in [0.4, 0.5) is 0 Å². The SMILES string of the molecule is Cn1cc(COc2nc3c(s2)CCCC3)cn1. The second-order valence-electron chi connectivity index (χ2n) is 4.37. The Kier molecular flexibility index (Phi) is 2.84. The van der Waals surface area contributed by atoms with Gasteiger partial charge in [0.1, 0.15) is 6.61 Å². The van der Waals surface area contributed by atoms with Crippen molar-refractivity contribution >= 4 is 11.3 Å². The van der Waals surface area contributed by atoms with E-state index in [9.17, 15) is 0 Å². The lowest BCUT2D eigenvalue weighted by Gasteiger charge is -2.06. The lowest BCUT2D eigenvalue weighted by Crippen LogP contribution is -1.99. The molecule has 5 heteroatoms. The van der Waals surface area contributed by atoms with Gasteiger partial charge in [-0.1, -0.05) is 11.3 Å². The number of ether oxygens (including phenoxy) is 1. The highest BCUT2D eigenvalue weighted by molar-refractivity contribution is 7.13. The van der Waals surface area contributed by atoms with E-state index in [4.69, 9.17) is 4.74 Å².